The van der Waals surface area contributed by atoms with Crippen molar-refractivity contribution in [3.63, 3.8) is 0 Å². The molecule has 0 saturated heterocycles. The third-order valence-corrected chi connectivity index (χ3v) is 5.46. The van der Waals surface area contributed by atoms with Crippen LogP contribution in [0.15, 0.2) is 23.2 Å². The maximum atomic E-state index is 12.5. The lowest BCUT2D eigenvalue weighted by atomic mass is 10.1. The van der Waals surface area contributed by atoms with Crippen LogP contribution in [0.1, 0.15) is 29.3 Å². The molecule has 0 aliphatic carbocycles. The van der Waals surface area contributed by atoms with Crippen LogP contribution in [0.25, 0.3) is 0 Å². The summed E-state index contributed by atoms with van der Waals surface area (Å²) in [4.78, 5) is 17.0. The van der Waals surface area contributed by atoms with Gasteiger partial charge in [0.05, 0.1) is 10.8 Å². The quantitative estimate of drug-likeness (QED) is 0.827. The predicted octanol–water partition coefficient (Wildman–Crippen LogP) is 3.73. The van der Waals surface area contributed by atoms with Gasteiger partial charge in [0.2, 0.25) is 12.7 Å². The molecule has 6 nitrogen and oxygen atoms in total. The van der Waals surface area contributed by atoms with Gasteiger partial charge in [0.1, 0.15) is 11.1 Å². The van der Waals surface area contributed by atoms with Gasteiger partial charge in [-0.25, -0.2) is 4.98 Å². The molecule has 0 bridgehead atoms. The Bertz CT molecular complexity index is 921. The van der Waals surface area contributed by atoms with Gasteiger partial charge in [-0.15, -0.1) is 0 Å². The normalized spacial score (nSPS) is 13.2. The van der Waals surface area contributed by atoms with E-state index < -0.39 is 5.25 Å². The van der Waals surface area contributed by atoms with Crippen LogP contribution in [0.5, 0.6) is 11.5 Å². The summed E-state index contributed by atoms with van der Waals surface area (Å²) in [6.45, 7) is 7.74. The van der Waals surface area contributed by atoms with E-state index in [2.05, 4.69) is 16.4 Å². The fourth-order valence-electron chi connectivity index (χ4n) is 2.57. The molecule has 1 amide bonds. The summed E-state index contributed by atoms with van der Waals surface area (Å²) in [7, 11) is 0. The predicted molar refractivity (Wildman–Crippen MR) is 99.7 cm³/mol. The van der Waals surface area contributed by atoms with Crippen LogP contribution >= 0.6 is 11.8 Å². The molecule has 134 valence electrons. The van der Waals surface area contributed by atoms with Crippen molar-refractivity contribution < 1.29 is 14.3 Å². The number of fused-ring (bicyclic) bond motifs is 1. The highest BCUT2D eigenvalue weighted by Gasteiger charge is 2.21. The molecule has 26 heavy (non-hydrogen) atoms. The van der Waals surface area contributed by atoms with Gasteiger partial charge in [-0.2, -0.15) is 5.26 Å². The van der Waals surface area contributed by atoms with Crippen molar-refractivity contribution in [3.8, 4) is 17.6 Å². The molecule has 7 heteroatoms. The van der Waals surface area contributed by atoms with Crippen LogP contribution in [0.4, 0.5) is 5.69 Å². The Hall–Kier alpha value is -2.72. The minimum atomic E-state index is -0.415. The molecule has 0 radical (unpaired) electrons. The number of nitrogens with zero attached hydrogens (tertiary/aromatic N) is 2. The lowest BCUT2D eigenvalue weighted by Crippen LogP contribution is -2.22. The first-order valence-electron chi connectivity index (χ1n) is 8.15. The molecule has 2 heterocycles. The SMILES string of the molecule is Cc1nc(S[C@@H](C)C(=O)Nc2ccc3c(c2)OCO3)c(C#N)c(C)c1C. The lowest BCUT2D eigenvalue weighted by molar-refractivity contribution is -0.115. The topological polar surface area (TPSA) is 84.2 Å². The van der Waals surface area contributed by atoms with Gasteiger partial charge in [-0.3, -0.25) is 4.79 Å². The second-order valence-corrected chi connectivity index (χ2v) is 7.39. The van der Waals surface area contributed by atoms with Crippen molar-refractivity contribution in [3.05, 3.63) is 40.6 Å². The Kier molecular flexibility index (Phi) is 5.05. The zero-order chi connectivity index (χ0) is 18.8. The van der Waals surface area contributed by atoms with Crippen molar-refractivity contribution in [2.45, 2.75) is 38.0 Å². The number of amides is 1. The van der Waals surface area contributed by atoms with Crippen LogP contribution in [-0.2, 0) is 4.79 Å². The number of benzene rings is 1. The number of hydrogen-bond acceptors (Lipinski definition) is 6. The van der Waals surface area contributed by atoms with E-state index in [1.807, 2.05) is 20.8 Å². The number of ether oxygens (including phenoxy) is 2. The molecule has 1 N–H and O–H groups in total. The van der Waals surface area contributed by atoms with E-state index in [1.165, 1.54) is 11.8 Å². The molecule has 1 aromatic heterocycles. The molecule has 0 spiro atoms. The third kappa shape index (κ3) is 3.46. The summed E-state index contributed by atoms with van der Waals surface area (Å²) >= 11 is 1.28. The van der Waals surface area contributed by atoms with Gasteiger partial charge in [0.15, 0.2) is 11.5 Å². The van der Waals surface area contributed by atoms with E-state index >= 15 is 0 Å². The maximum Gasteiger partial charge on any atom is 0.237 e. The number of nitrogens with one attached hydrogen (secondary N) is 1. The average Bonchev–Trinajstić information content (AvgIpc) is 3.07. The maximum absolute atomic E-state index is 12.5. The third-order valence-electron chi connectivity index (χ3n) is 4.37. The summed E-state index contributed by atoms with van der Waals surface area (Å²) in [5.74, 6) is 1.11. The summed E-state index contributed by atoms with van der Waals surface area (Å²) in [6.07, 6.45) is 0. The summed E-state index contributed by atoms with van der Waals surface area (Å²) < 4.78 is 10.6. The first-order chi connectivity index (χ1) is 12.4. The molecule has 0 unspecified atom stereocenters. The van der Waals surface area contributed by atoms with Crippen molar-refractivity contribution >= 4 is 23.4 Å². The number of rotatable bonds is 4. The number of aromatic nitrogens is 1. The van der Waals surface area contributed by atoms with Gasteiger partial charge in [-0.1, -0.05) is 11.8 Å². The second-order valence-electron chi connectivity index (χ2n) is 6.06. The Morgan fingerprint density at radius 1 is 1.27 bits per heavy atom. The summed E-state index contributed by atoms with van der Waals surface area (Å²) in [6, 6.07) is 7.47. The highest BCUT2D eigenvalue weighted by molar-refractivity contribution is 8.00. The molecule has 1 aromatic carbocycles. The zero-order valence-corrected chi connectivity index (χ0v) is 15.9. The van der Waals surface area contributed by atoms with E-state index in [9.17, 15) is 10.1 Å². The van der Waals surface area contributed by atoms with Gasteiger partial charge in [0, 0.05) is 17.4 Å². The number of anilines is 1. The van der Waals surface area contributed by atoms with Crippen molar-refractivity contribution in [1.29, 1.82) is 5.26 Å². The van der Waals surface area contributed by atoms with Crippen LogP contribution in [-0.4, -0.2) is 22.9 Å². The van der Waals surface area contributed by atoms with E-state index in [1.54, 1.807) is 25.1 Å². The van der Waals surface area contributed by atoms with E-state index in [-0.39, 0.29) is 12.7 Å². The number of hydrogen-bond donors (Lipinski definition) is 1. The van der Waals surface area contributed by atoms with E-state index in [0.29, 0.717) is 27.8 Å². The monoisotopic (exact) mass is 369 g/mol. The average molecular weight is 369 g/mol. The van der Waals surface area contributed by atoms with Gasteiger partial charge in [-0.05, 0) is 51.0 Å². The van der Waals surface area contributed by atoms with Gasteiger partial charge < -0.3 is 14.8 Å². The van der Waals surface area contributed by atoms with Crippen LogP contribution in [0.2, 0.25) is 0 Å². The van der Waals surface area contributed by atoms with Crippen LogP contribution in [0.3, 0.4) is 0 Å². The first kappa shape index (κ1) is 18.1. The van der Waals surface area contributed by atoms with E-state index in [0.717, 1.165) is 16.8 Å². The van der Waals surface area contributed by atoms with Gasteiger partial charge >= 0.3 is 0 Å². The zero-order valence-electron chi connectivity index (χ0n) is 15.0. The van der Waals surface area contributed by atoms with Crippen molar-refractivity contribution in [2.24, 2.45) is 0 Å². The molecule has 1 atom stereocenters. The molecule has 0 fully saturated rings. The number of aryl methyl sites for hydroxylation is 1. The molecular weight excluding hydrogens is 350 g/mol. The van der Waals surface area contributed by atoms with E-state index in [4.69, 9.17) is 9.47 Å². The molecule has 1 aliphatic rings. The highest BCUT2D eigenvalue weighted by atomic mass is 32.2. The Labute approximate surface area is 156 Å². The fourth-order valence-corrected chi connectivity index (χ4v) is 3.57. The number of carbonyl (C=O) groups is 1. The number of nitriles is 1. The minimum Gasteiger partial charge on any atom is -0.454 e. The minimum absolute atomic E-state index is 0.171. The van der Waals surface area contributed by atoms with Gasteiger partial charge in [0.25, 0.3) is 0 Å². The Morgan fingerprint density at radius 2 is 2.00 bits per heavy atom. The number of pyridine rings is 1. The Morgan fingerprint density at radius 3 is 2.73 bits per heavy atom. The van der Waals surface area contributed by atoms with Crippen molar-refractivity contribution in [2.75, 3.05) is 12.1 Å². The van der Waals surface area contributed by atoms with Crippen LogP contribution in [0, 0.1) is 32.1 Å². The largest absolute Gasteiger partial charge is 0.454 e. The van der Waals surface area contributed by atoms with Crippen LogP contribution < -0.4 is 14.8 Å². The molecule has 3 rings (SSSR count). The molecule has 0 saturated carbocycles. The second kappa shape index (κ2) is 7.26. The summed E-state index contributed by atoms with van der Waals surface area (Å²) in [5.41, 5.74) is 3.94. The smallest absolute Gasteiger partial charge is 0.237 e. The lowest BCUT2D eigenvalue weighted by Gasteiger charge is -2.15. The standard InChI is InChI=1S/C19H19N3O3S/c1-10-11(2)15(8-20)19(21-12(10)3)26-13(4)18(23)22-14-5-6-16-17(7-14)25-9-24-16/h5-7,13H,9H2,1-4H3,(H,22,23)/t13-/m0/s1. The number of thioether (sulfide) groups is 1. The number of carbonyl (C=O) groups excluding carboxylic acids is 1. The molecule has 1 aliphatic heterocycles. The summed E-state index contributed by atoms with van der Waals surface area (Å²) in [5, 5.41) is 12.5. The highest BCUT2D eigenvalue weighted by Crippen LogP contribution is 2.35. The Balaban J connectivity index is 1.75. The fraction of sp³-hybridized carbons (Fsp3) is 0.316. The first-order valence-corrected chi connectivity index (χ1v) is 9.03. The van der Waals surface area contributed by atoms with Crippen molar-refractivity contribution in [1.82, 2.24) is 4.98 Å². The molecule has 2 aromatic rings. The molecular formula is C19H19N3O3S.